The predicted octanol–water partition coefficient (Wildman–Crippen LogP) is 3.06. The van der Waals surface area contributed by atoms with Crippen LogP contribution >= 0.6 is 0 Å². The maximum absolute atomic E-state index is 8.96. The first-order valence-electron chi connectivity index (χ1n) is 6.58. The van der Waals surface area contributed by atoms with Crippen molar-refractivity contribution in [2.24, 2.45) is 0 Å². The van der Waals surface area contributed by atoms with E-state index in [2.05, 4.69) is 31.7 Å². The van der Waals surface area contributed by atoms with Gasteiger partial charge in [0.25, 0.3) is 0 Å². The number of nitriles is 1. The van der Waals surface area contributed by atoms with Gasteiger partial charge in [0.05, 0.1) is 5.56 Å². The smallest absolute Gasteiger partial charge is 0.137 e. The molecule has 0 radical (unpaired) electrons. The van der Waals surface area contributed by atoms with Gasteiger partial charge in [-0.1, -0.05) is 26.0 Å². The van der Waals surface area contributed by atoms with Crippen molar-refractivity contribution in [2.75, 3.05) is 19.7 Å². The zero-order chi connectivity index (χ0) is 13.4. The summed E-state index contributed by atoms with van der Waals surface area (Å²) in [6, 6.07) is 10.1. The zero-order valence-corrected chi connectivity index (χ0v) is 11.5. The Morgan fingerprint density at radius 1 is 1.33 bits per heavy atom. The van der Waals surface area contributed by atoms with Crippen molar-refractivity contribution in [1.29, 1.82) is 5.26 Å². The minimum absolute atomic E-state index is 0.574. The Morgan fingerprint density at radius 2 is 2.06 bits per heavy atom. The first kappa shape index (κ1) is 14.5. The van der Waals surface area contributed by atoms with Crippen LogP contribution in [0, 0.1) is 11.3 Å². The molecular formula is C15H22N2O. The standard InChI is InChI=1S/C15H22N2O/c1-4-13(3)17(5-2)10-11-18-15-9-7-6-8-14(15)12-16/h6-9,13H,4-5,10-11H2,1-3H3. The lowest BCUT2D eigenvalue weighted by Gasteiger charge is -2.26. The minimum atomic E-state index is 0.574. The van der Waals surface area contributed by atoms with Gasteiger partial charge >= 0.3 is 0 Å². The molecule has 3 heteroatoms. The summed E-state index contributed by atoms with van der Waals surface area (Å²) in [4.78, 5) is 2.38. The van der Waals surface area contributed by atoms with E-state index in [1.165, 1.54) is 0 Å². The van der Waals surface area contributed by atoms with Crippen molar-refractivity contribution in [1.82, 2.24) is 4.90 Å². The second-order valence-electron chi connectivity index (χ2n) is 4.34. The predicted molar refractivity (Wildman–Crippen MR) is 73.7 cm³/mol. The van der Waals surface area contributed by atoms with E-state index in [0.717, 1.165) is 19.5 Å². The van der Waals surface area contributed by atoms with Gasteiger partial charge in [0.2, 0.25) is 0 Å². The normalized spacial score (nSPS) is 12.2. The van der Waals surface area contributed by atoms with Crippen LogP contribution in [-0.2, 0) is 0 Å². The molecule has 1 aromatic rings. The lowest BCUT2D eigenvalue weighted by Crippen LogP contribution is -2.35. The van der Waals surface area contributed by atoms with Crippen LogP contribution < -0.4 is 4.74 Å². The quantitative estimate of drug-likeness (QED) is 0.742. The van der Waals surface area contributed by atoms with Gasteiger partial charge in [-0.15, -0.1) is 0 Å². The second kappa shape index (κ2) is 7.73. The Labute approximate surface area is 110 Å². The number of ether oxygens (including phenoxy) is 1. The Kier molecular flexibility index (Phi) is 6.24. The molecular weight excluding hydrogens is 224 g/mol. The van der Waals surface area contributed by atoms with Gasteiger partial charge in [0.15, 0.2) is 0 Å². The van der Waals surface area contributed by atoms with Gasteiger partial charge in [-0.3, -0.25) is 4.90 Å². The van der Waals surface area contributed by atoms with E-state index < -0.39 is 0 Å². The van der Waals surface area contributed by atoms with Crippen LogP contribution in [0.1, 0.15) is 32.8 Å². The summed E-state index contributed by atoms with van der Waals surface area (Å²) >= 11 is 0. The van der Waals surface area contributed by atoms with Crippen LogP contribution in [0.2, 0.25) is 0 Å². The average Bonchev–Trinajstić information content (AvgIpc) is 2.43. The molecule has 1 atom stereocenters. The molecule has 0 aliphatic rings. The van der Waals surface area contributed by atoms with Crippen molar-refractivity contribution in [3.63, 3.8) is 0 Å². The molecule has 0 heterocycles. The number of hydrogen-bond donors (Lipinski definition) is 0. The maximum atomic E-state index is 8.96. The molecule has 0 bridgehead atoms. The maximum Gasteiger partial charge on any atom is 0.137 e. The number of rotatable bonds is 7. The van der Waals surface area contributed by atoms with E-state index in [9.17, 15) is 0 Å². The summed E-state index contributed by atoms with van der Waals surface area (Å²) < 4.78 is 5.69. The fourth-order valence-corrected chi connectivity index (χ4v) is 1.91. The molecule has 0 saturated heterocycles. The summed E-state index contributed by atoms with van der Waals surface area (Å²) in [6.07, 6.45) is 1.14. The van der Waals surface area contributed by atoms with Crippen molar-refractivity contribution in [2.45, 2.75) is 33.2 Å². The Hall–Kier alpha value is -1.53. The largest absolute Gasteiger partial charge is 0.491 e. The van der Waals surface area contributed by atoms with E-state index in [4.69, 9.17) is 10.00 Å². The zero-order valence-electron chi connectivity index (χ0n) is 11.5. The minimum Gasteiger partial charge on any atom is -0.491 e. The summed E-state index contributed by atoms with van der Waals surface area (Å²) in [7, 11) is 0. The van der Waals surface area contributed by atoms with Gasteiger partial charge < -0.3 is 4.74 Å². The Bertz CT molecular complexity index is 398. The molecule has 3 nitrogen and oxygen atoms in total. The third-order valence-corrected chi connectivity index (χ3v) is 3.26. The number of likely N-dealkylation sites (N-methyl/N-ethyl adjacent to an activating group) is 1. The molecule has 0 N–H and O–H groups in total. The van der Waals surface area contributed by atoms with Crippen molar-refractivity contribution in [3.05, 3.63) is 29.8 Å². The molecule has 1 aromatic carbocycles. The Balaban J connectivity index is 2.48. The molecule has 0 saturated carbocycles. The molecule has 98 valence electrons. The number of hydrogen-bond acceptors (Lipinski definition) is 3. The van der Waals surface area contributed by atoms with Crippen LogP contribution in [0.3, 0.4) is 0 Å². The molecule has 0 spiro atoms. The fourth-order valence-electron chi connectivity index (χ4n) is 1.91. The van der Waals surface area contributed by atoms with Crippen LogP contribution in [0.15, 0.2) is 24.3 Å². The van der Waals surface area contributed by atoms with E-state index >= 15 is 0 Å². The molecule has 0 amide bonds. The highest BCUT2D eigenvalue weighted by Gasteiger charge is 2.10. The van der Waals surface area contributed by atoms with Crippen molar-refractivity contribution < 1.29 is 4.74 Å². The fraction of sp³-hybridized carbons (Fsp3) is 0.533. The highest BCUT2D eigenvalue weighted by Crippen LogP contribution is 2.16. The van der Waals surface area contributed by atoms with Crippen molar-refractivity contribution in [3.8, 4) is 11.8 Å². The average molecular weight is 246 g/mol. The van der Waals surface area contributed by atoms with Crippen LogP contribution in [0.5, 0.6) is 5.75 Å². The van der Waals surface area contributed by atoms with Gasteiger partial charge in [0.1, 0.15) is 18.4 Å². The van der Waals surface area contributed by atoms with Gasteiger partial charge in [0, 0.05) is 12.6 Å². The number of nitrogens with zero attached hydrogens (tertiary/aromatic N) is 2. The summed E-state index contributed by atoms with van der Waals surface area (Å²) in [6.45, 7) is 9.13. The second-order valence-corrected chi connectivity index (χ2v) is 4.34. The molecule has 18 heavy (non-hydrogen) atoms. The van der Waals surface area contributed by atoms with E-state index in [1.54, 1.807) is 6.07 Å². The van der Waals surface area contributed by atoms with E-state index in [-0.39, 0.29) is 0 Å². The highest BCUT2D eigenvalue weighted by molar-refractivity contribution is 5.42. The lowest BCUT2D eigenvalue weighted by molar-refractivity contribution is 0.171. The summed E-state index contributed by atoms with van der Waals surface area (Å²) in [5.41, 5.74) is 0.601. The van der Waals surface area contributed by atoms with Crippen LogP contribution in [0.25, 0.3) is 0 Å². The molecule has 0 aliphatic carbocycles. The first-order valence-corrected chi connectivity index (χ1v) is 6.58. The molecule has 0 aromatic heterocycles. The Morgan fingerprint density at radius 3 is 2.67 bits per heavy atom. The number of para-hydroxylation sites is 1. The molecule has 1 unspecified atom stereocenters. The highest BCUT2D eigenvalue weighted by atomic mass is 16.5. The SMILES string of the molecule is CCC(C)N(CC)CCOc1ccccc1C#N. The molecule has 0 aliphatic heterocycles. The third kappa shape index (κ3) is 4.05. The topological polar surface area (TPSA) is 36.3 Å². The third-order valence-electron chi connectivity index (χ3n) is 3.26. The first-order chi connectivity index (χ1) is 8.72. The van der Waals surface area contributed by atoms with E-state index in [0.29, 0.717) is 24.0 Å². The van der Waals surface area contributed by atoms with Gasteiger partial charge in [-0.05, 0) is 32.0 Å². The molecule has 0 fully saturated rings. The van der Waals surface area contributed by atoms with Crippen molar-refractivity contribution >= 4 is 0 Å². The summed E-state index contributed by atoms with van der Waals surface area (Å²) in [5, 5.41) is 8.96. The monoisotopic (exact) mass is 246 g/mol. The van der Waals surface area contributed by atoms with E-state index in [1.807, 2.05) is 18.2 Å². The van der Waals surface area contributed by atoms with Gasteiger partial charge in [-0.2, -0.15) is 5.26 Å². The van der Waals surface area contributed by atoms with Gasteiger partial charge in [-0.25, -0.2) is 0 Å². The lowest BCUT2D eigenvalue weighted by atomic mass is 10.2. The van der Waals surface area contributed by atoms with Crippen LogP contribution in [0.4, 0.5) is 0 Å². The molecule has 1 rings (SSSR count). The number of benzene rings is 1. The summed E-state index contributed by atoms with van der Waals surface area (Å²) in [5.74, 6) is 0.681. The van der Waals surface area contributed by atoms with Crippen LogP contribution in [-0.4, -0.2) is 30.6 Å².